The lowest BCUT2D eigenvalue weighted by Gasteiger charge is -2.08. The number of ether oxygens (including phenoxy) is 1. The number of fused-ring (bicyclic) bond motifs is 1. The van der Waals surface area contributed by atoms with Crippen molar-refractivity contribution in [3.8, 4) is 11.6 Å². The summed E-state index contributed by atoms with van der Waals surface area (Å²) in [6.07, 6.45) is 8.54. The van der Waals surface area contributed by atoms with Crippen LogP contribution in [0.5, 0.6) is 5.88 Å². The molecular formula is C23H22N6O. The van der Waals surface area contributed by atoms with Crippen LogP contribution in [0, 0.1) is 6.92 Å². The molecule has 0 saturated heterocycles. The highest BCUT2D eigenvalue weighted by atomic mass is 16.5. The number of pyridine rings is 1. The van der Waals surface area contributed by atoms with Gasteiger partial charge in [-0.05, 0) is 43.2 Å². The van der Waals surface area contributed by atoms with Gasteiger partial charge in [0, 0.05) is 18.7 Å². The van der Waals surface area contributed by atoms with E-state index < -0.39 is 0 Å². The summed E-state index contributed by atoms with van der Waals surface area (Å²) in [5.74, 6) is 2.56. The number of benzene rings is 1. The Bertz CT molecular complexity index is 1210. The first-order chi connectivity index (χ1) is 14.7. The molecule has 1 aliphatic rings. The van der Waals surface area contributed by atoms with Crippen molar-refractivity contribution in [3.63, 3.8) is 0 Å². The molecule has 0 amide bonds. The fraction of sp³-hybridized carbons (Fsp3) is 0.217. The van der Waals surface area contributed by atoms with Crippen molar-refractivity contribution in [1.82, 2.24) is 29.3 Å². The number of methoxy groups -OCH3 is 1. The molecule has 1 atom stereocenters. The SMILES string of the molecule is COc1nc(C=Cc2nc3n(n2)CC[C@@H]3c2ccccc2)ccc1-n1cnc(C)c1. The zero-order valence-electron chi connectivity index (χ0n) is 16.9. The molecule has 0 radical (unpaired) electrons. The molecule has 1 aliphatic heterocycles. The fourth-order valence-electron chi connectivity index (χ4n) is 3.85. The fourth-order valence-corrected chi connectivity index (χ4v) is 3.85. The van der Waals surface area contributed by atoms with Crippen molar-refractivity contribution >= 4 is 12.2 Å². The molecule has 0 unspecified atom stereocenters. The normalized spacial score (nSPS) is 15.6. The van der Waals surface area contributed by atoms with Crippen LogP contribution in [-0.4, -0.2) is 36.4 Å². The van der Waals surface area contributed by atoms with Gasteiger partial charge >= 0.3 is 0 Å². The molecule has 5 rings (SSSR count). The average molecular weight is 398 g/mol. The van der Waals surface area contributed by atoms with Crippen LogP contribution in [0.3, 0.4) is 0 Å². The molecule has 150 valence electrons. The van der Waals surface area contributed by atoms with Crippen LogP contribution in [0.4, 0.5) is 0 Å². The van der Waals surface area contributed by atoms with Gasteiger partial charge in [0.05, 0.1) is 24.8 Å². The van der Waals surface area contributed by atoms with Gasteiger partial charge in [-0.1, -0.05) is 30.3 Å². The van der Waals surface area contributed by atoms with Gasteiger partial charge < -0.3 is 9.30 Å². The summed E-state index contributed by atoms with van der Waals surface area (Å²) >= 11 is 0. The lowest BCUT2D eigenvalue weighted by molar-refractivity contribution is 0.395. The summed E-state index contributed by atoms with van der Waals surface area (Å²) in [6, 6.07) is 14.4. The zero-order chi connectivity index (χ0) is 20.5. The second-order valence-electron chi connectivity index (χ2n) is 7.32. The number of hydrogen-bond donors (Lipinski definition) is 0. The van der Waals surface area contributed by atoms with Gasteiger partial charge in [-0.15, -0.1) is 0 Å². The van der Waals surface area contributed by atoms with E-state index in [1.54, 1.807) is 13.4 Å². The molecular weight excluding hydrogens is 376 g/mol. The number of nitrogens with zero attached hydrogens (tertiary/aromatic N) is 6. The quantitative estimate of drug-likeness (QED) is 0.510. The van der Waals surface area contributed by atoms with Gasteiger partial charge in [-0.3, -0.25) is 0 Å². The van der Waals surface area contributed by atoms with E-state index in [0.29, 0.717) is 17.6 Å². The van der Waals surface area contributed by atoms with E-state index in [0.717, 1.165) is 35.9 Å². The molecule has 7 heteroatoms. The highest BCUT2D eigenvalue weighted by Gasteiger charge is 2.27. The minimum atomic E-state index is 0.303. The van der Waals surface area contributed by atoms with Crippen LogP contribution in [-0.2, 0) is 6.54 Å². The first-order valence-corrected chi connectivity index (χ1v) is 9.95. The van der Waals surface area contributed by atoms with E-state index in [4.69, 9.17) is 9.72 Å². The second-order valence-corrected chi connectivity index (χ2v) is 7.32. The zero-order valence-corrected chi connectivity index (χ0v) is 16.9. The Morgan fingerprint density at radius 1 is 1.07 bits per heavy atom. The van der Waals surface area contributed by atoms with Crippen LogP contribution in [0.25, 0.3) is 17.8 Å². The Balaban J connectivity index is 1.39. The molecule has 0 aliphatic carbocycles. The monoisotopic (exact) mass is 398 g/mol. The summed E-state index contributed by atoms with van der Waals surface area (Å²) in [4.78, 5) is 13.6. The molecule has 0 N–H and O–H groups in total. The van der Waals surface area contributed by atoms with Crippen molar-refractivity contribution in [3.05, 3.63) is 83.6 Å². The maximum Gasteiger partial charge on any atom is 0.238 e. The maximum atomic E-state index is 5.49. The Morgan fingerprint density at radius 2 is 1.93 bits per heavy atom. The summed E-state index contributed by atoms with van der Waals surface area (Å²) in [6.45, 7) is 2.84. The molecule has 4 aromatic rings. The molecule has 0 bridgehead atoms. The lowest BCUT2D eigenvalue weighted by Crippen LogP contribution is -1.99. The minimum Gasteiger partial charge on any atom is -0.479 e. The van der Waals surface area contributed by atoms with Crippen molar-refractivity contribution in [2.45, 2.75) is 25.8 Å². The third kappa shape index (κ3) is 3.39. The predicted octanol–water partition coefficient (Wildman–Crippen LogP) is 3.88. The van der Waals surface area contributed by atoms with E-state index in [9.17, 15) is 0 Å². The van der Waals surface area contributed by atoms with E-state index in [2.05, 4.69) is 39.3 Å². The second kappa shape index (κ2) is 7.59. The van der Waals surface area contributed by atoms with Gasteiger partial charge in [0.25, 0.3) is 0 Å². The molecule has 0 spiro atoms. The number of aromatic nitrogens is 6. The van der Waals surface area contributed by atoms with Gasteiger partial charge in [-0.2, -0.15) is 5.10 Å². The molecule has 4 heterocycles. The molecule has 0 fully saturated rings. The van der Waals surface area contributed by atoms with Crippen molar-refractivity contribution in [2.75, 3.05) is 7.11 Å². The van der Waals surface area contributed by atoms with Crippen LogP contribution in [0.1, 0.15) is 40.9 Å². The highest BCUT2D eigenvalue weighted by molar-refractivity contribution is 5.65. The van der Waals surface area contributed by atoms with Gasteiger partial charge in [0.15, 0.2) is 5.82 Å². The summed E-state index contributed by atoms with van der Waals surface area (Å²) < 4.78 is 9.40. The summed E-state index contributed by atoms with van der Waals surface area (Å²) in [5.41, 5.74) is 3.85. The molecule has 30 heavy (non-hydrogen) atoms. The van der Waals surface area contributed by atoms with E-state index in [1.165, 1.54) is 5.56 Å². The minimum absolute atomic E-state index is 0.303. The standard InChI is InChI=1S/C23H22N6O/c1-16-14-28(15-24-16)20-10-8-18(25-23(20)30-2)9-11-21-26-22-19(12-13-29(22)27-21)17-6-4-3-5-7-17/h3-11,14-15,19H,12-13H2,1-2H3/t19-/m1/s1. The van der Waals surface area contributed by atoms with E-state index >= 15 is 0 Å². The van der Waals surface area contributed by atoms with Crippen LogP contribution in [0.15, 0.2) is 55.0 Å². The summed E-state index contributed by atoms with van der Waals surface area (Å²) in [5, 5.41) is 4.64. The lowest BCUT2D eigenvalue weighted by atomic mass is 9.97. The summed E-state index contributed by atoms with van der Waals surface area (Å²) in [7, 11) is 1.62. The molecule has 0 saturated carbocycles. The third-order valence-corrected chi connectivity index (χ3v) is 5.31. The number of imidazole rings is 1. The highest BCUT2D eigenvalue weighted by Crippen LogP contribution is 2.32. The Labute approximate surface area is 174 Å². The van der Waals surface area contributed by atoms with Crippen molar-refractivity contribution in [2.24, 2.45) is 0 Å². The molecule has 3 aromatic heterocycles. The first kappa shape index (κ1) is 18.3. The van der Waals surface area contributed by atoms with Crippen molar-refractivity contribution in [1.29, 1.82) is 0 Å². The van der Waals surface area contributed by atoms with E-state index in [-0.39, 0.29) is 0 Å². The molecule has 7 nitrogen and oxygen atoms in total. The number of rotatable bonds is 5. The Morgan fingerprint density at radius 3 is 2.70 bits per heavy atom. The largest absolute Gasteiger partial charge is 0.479 e. The van der Waals surface area contributed by atoms with Crippen LogP contribution >= 0.6 is 0 Å². The Hall–Kier alpha value is -3.74. The topological polar surface area (TPSA) is 70.7 Å². The predicted molar refractivity (Wildman–Crippen MR) is 115 cm³/mol. The number of hydrogen-bond acceptors (Lipinski definition) is 5. The smallest absolute Gasteiger partial charge is 0.238 e. The van der Waals surface area contributed by atoms with Gasteiger partial charge in [0.1, 0.15) is 11.5 Å². The first-order valence-electron chi connectivity index (χ1n) is 9.95. The third-order valence-electron chi connectivity index (χ3n) is 5.31. The van der Waals surface area contributed by atoms with E-state index in [1.807, 2.05) is 52.7 Å². The van der Waals surface area contributed by atoms with Crippen LogP contribution < -0.4 is 4.74 Å². The molecule has 1 aromatic carbocycles. The average Bonchev–Trinajstić information content (AvgIpc) is 3.48. The van der Waals surface area contributed by atoms with Crippen LogP contribution in [0.2, 0.25) is 0 Å². The number of aryl methyl sites for hydroxylation is 2. The van der Waals surface area contributed by atoms with Gasteiger partial charge in [-0.25, -0.2) is 19.6 Å². The van der Waals surface area contributed by atoms with Crippen molar-refractivity contribution < 1.29 is 4.74 Å². The van der Waals surface area contributed by atoms with Gasteiger partial charge in [0.2, 0.25) is 5.88 Å². The maximum absolute atomic E-state index is 5.49. The Kier molecular flexibility index (Phi) is 4.63.